The molecule has 1 fully saturated rings. The standard InChI is InChI=1S/C17H17NO2/c19-14-10-11-18(12-14)17(20)16-9-5-4-8-15(16)13-6-2-1-3-7-13/h1-9,14,19H,10-12H2/t14-/m1/s1. The Balaban J connectivity index is 1.96. The van der Waals surface area contributed by atoms with Crippen LogP contribution in [0.2, 0.25) is 0 Å². The van der Waals surface area contributed by atoms with Crippen LogP contribution < -0.4 is 0 Å². The molecule has 0 spiro atoms. The molecule has 1 amide bonds. The quantitative estimate of drug-likeness (QED) is 0.908. The van der Waals surface area contributed by atoms with E-state index in [1.54, 1.807) is 4.90 Å². The first-order valence-electron chi connectivity index (χ1n) is 6.87. The summed E-state index contributed by atoms with van der Waals surface area (Å²) in [7, 11) is 0. The summed E-state index contributed by atoms with van der Waals surface area (Å²) in [5.74, 6) is 0.000929. The van der Waals surface area contributed by atoms with Crippen molar-refractivity contribution in [1.29, 1.82) is 0 Å². The maximum Gasteiger partial charge on any atom is 0.254 e. The van der Waals surface area contributed by atoms with E-state index in [1.807, 2.05) is 54.6 Å². The van der Waals surface area contributed by atoms with Crippen molar-refractivity contribution in [3.8, 4) is 11.1 Å². The van der Waals surface area contributed by atoms with Gasteiger partial charge in [-0.3, -0.25) is 4.79 Å². The van der Waals surface area contributed by atoms with E-state index >= 15 is 0 Å². The van der Waals surface area contributed by atoms with Crippen LogP contribution in [0.4, 0.5) is 0 Å². The molecule has 3 nitrogen and oxygen atoms in total. The van der Waals surface area contributed by atoms with Crippen molar-refractivity contribution in [2.75, 3.05) is 13.1 Å². The van der Waals surface area contributed by atoms with E-state index in [-0.39, 0.29) is 12.0 Å². The van der Waals surface area contributed by atoms with Gasteiger partial charge in [-0.15, -0.1) is 0 Å². The zero-order valence-corrected chi connectivity index (χ0v) is 11.2. The molecule has 0 aliphatic carbocycles. The summed E-state index contributed by atoms with van der Waals surface area (Å²) in [4.78, 5) is 14.3. The van der Waals surface area contributed by atoms with Crippen molar-refractivity contribution in [3.05, 3.63) is 60.2 Å². The Morgan fingerprint density at radius 2 is 1.75 bits per heavy atom. The van der Waals surface area contributed by atoms with Crippen molar-refractivity contribution < 1.29 is 9.90 Å². The van der Waals surface area contributed by atoms with Gasteiger partial charge in [-0.1, -0.05) is 48.5 Å². The Kier molecular flexibility index (Phi) is 3.52. The van der Waals surface area contributed by atoms with Crippen LogP contribution in [-0.4, -0.2) is 35.1 Å². The molecule has 20 heavy (non-hydrogen) atoms. The van der Waals surface area contributed by atoms with E-state index in [0.29, 0.717) is 25.1 Å². The zero-order valence-electron chi connectivity index (χ0n) is 11.2. The van der Waals surface area contributed by atoms with Crippen LogP contribution in [0.25, 0.3) is 11.1 Å². The summed E-state index contributed by atoms with van der Waals surface area (Å²) < 4.78 is 0. The number of hydrogen-bond donors (Lipinski definition) is 1. The Labute approximate surface area is 118 Å². The van der Waals surface area contributed by atoms with Gasteiger partial charge in [-0.25, -0.2) is 0 Å². The molecule has 0 bridgehead atoms. The molecule has 2 aromatic rings. The van der Waals surface area contributed by atoms with E-state index in [9.17, 15) is 9.90 Å². The number of aliphatic hydroxyl groups excluding tert-OH is 1. The van der Waals surface area contributed by atoms with Crippen LogP contribution in [0.5, 0.6) is 0 Å². The molecule has 1 N–H and O–H groups in total. The predicted molar refractivity (Wildman–Crippen MR) is 78.4 cm³/mol. The fraction of sp³-hybridized carbons (Fsp3) is 0.235. The molecular weight excluding hydrogens is 250 g/mol. The molecule has 0 radical (unpaired) electrons. The van der Waals surface area contributed by atoms with Gasteiger partial charge in [0.05, 0.1) is 6.10 Å². The van der Waals surface area contributed by atoms with Crippen molar-refractivity contribution in [2.45, 2.75) is 12.5 Å². The number of hydrogen-bond acceptors (Lipinski definition) is 2. The number of amides is 1. The van der Waals surface area contributed by atoms with E-state index in [1.165, 1.54) is 0 Å². The lowest BCUT2D eigenvalue weighted by Gasteiger charge is -2.18. The predicted octanol–water partition coefficient (Wildman–Crippen LogP) is 2.56. The van der Waals surface area contributed by atoms with E-state index in [0.717, 1.165) is 11.1 Å². The van der Waals surface area contributed by atoms with Crippen LogP contribution in [0, 0.1) is 0 Å². The van der Waals surface area contributed by atoms with E-state index < -0.39 is 0 Å². The monoisotopic (exact) mass is 267 g/mol. The van der Waals surface area contributed by atoms with Crippen LogP contribution >= 0.6 is 0 Å². The largest absolute Gasteiger partial charge is 0.391 e. The first kappa shape index (κ1) is 12.9. The summed E-state index contributed by atoms with van der Waals surface area (Å²) in [6.45, 7) is 1.06. The van der Waals surface area contributed by atoms with E-state index in [2.05, 4.69) is 0 Å². The highest BCUT2D eigenvalue weighted by atomic mass is 16.3. The lowest BCUT2D eigenvalue weighted by Crippen LogP contribution is -2.29. The Morgan fingerprint density at radius 1 is 1.05 bits per heavy atom. The third-order valence-corrected chi connectivity index (χ3v) is 3.69. The second-order valence-corrected chi connectivity index (χ2v) is 5.11. The van der Waals surface area contributed by atoms with Crippen molar-refractivity contribution in [1.82, 2.24) is 4.90 Å². The molecule has 1 atom stereocenters. The summed E-state index contributed by atoms with van der Waals surface area (Å²) >= 11 is 0. The number of aliphatic hydroxyl groups is 1. The first-order valence-corrected chi connectivity index (χ1v) is 6.87. The molecule has 102 valence electrons. The molecule has 2 aromatic carbocycles. The van der Waals surface area contributed by atoms with E-state index in [4.69, 9.17) is 0 Å². The maximum absolute atomic E-state index is 12.6. The molecule has 1 aliphatic heterocycles. The molecule has 1 heterocycles. The van der Waals surface area contributed by atoms with Crippen molar-refractivity contribution in [2.24, 2.45) is 0 Å². The van der Waals surface area contributed by atoms with Gasteiger partial charge in [0.25, 0.3) is 5.91 Å². The minimum Gasteiger partial charge on any atom is -0.391 e. The lowest BCUT2D eigenvalue weighted by atomic mass is 9.99. The lowest BCUT2D eigenvalue weighted by molar-refractivity contribution is 0.0765. The number of nitrogens with zero attached hydrogens (tertiary/aromatic N) is 1. The Morgan fingerprint density at radius 3 is 2.45 bits per heavy atom. The molecule has 0 unspecified atom stereocenters. The van der Waals surface area contributed by atoms with Gasteiger partial charge < -0.3 is 10.0 Å². The highest BCUT2D eigenvalue weighted by Gasteiger charge is 2.26. The van der Waals surface area contributed by atoms with Gasteiger partial charge in [-0.2, -0.15) is 0 Å². The number of β-amino-alcohol motifs (C(OH)–C–C–N with tert-alkyl or cyclic N) is 1. The second kappa shape index (κ2) is 5.47. The topological polar surface area (TPSA) is 40.5 Å². The summed E-state index contributed by atoms with van der Waals surface area (Å²) in [6, 6.07) is 17.6. The number of benzene rings is 2. The number of likely N-dealkylation sites (tertiary alicyclic amines) is 1. The minimum absolute atomic E-state index is 0.000929. The second-order valence-electron chi connectivity index (χ2n) is 5.11. The van der Waals surface area contributed by atoms with Crippen molar-refractivity contribution in [3.63, 3.8) is 0 Å². The fourth-order valence-corrected chi connectivity index (χ4v) is 2.64. The normalized spacial score (nSPS) is 18.2. The third-order valence-electron chi connectivity index (χ3n) is 3.69. The zero-order chi connectivity index (χ0) is 13.9. The minimum atomic E-state index is -0.386. The highest BCUT2D eigenvalue weighted by Crippen LogP contribution is 2.25. The average molecular weight is 267 g/mol. The average Bonchev–Trinajstić information content (AvgIpc) is 2.94. The number of carbonyl (C=O) groups is 1. The first-order chi connectivity index (χ1) is 9.75. The molecule has 1 saturated heterocycles. The van der Waals surface area contributed by atoms with Gasteiger partial charge in [0.15, 0.2) is 0 Å². The number of carbonyl (C=O) groups excluding carboxylic acids is 1. The molecule has 0 saturated carbocycles. The van der Waals surface area contributed by atoms with Crippen LogP contribution in [0.15, 0.2) is 54.6 Å². The third kappa shape index (κ3) is 2.45. The van der Waals surface area contributed by atoms with Crippen molar-refractivity contribution >= 4 is 5.91 Å². The summed E-state index contributed by atoms with van der Waals surface area (Å²) in [5.41, 5.74) is 2.68. The number of rotatable bonds is 2. The van der Waals surface area contributed by atoms with Crippen LogP contribution in [0.3, 0.4) is 0 Å². The highest BCUT2D eigenvalue weighted by molar-refractivity contribution is 6.01. The summed E-state index contributed by atoms with van der Waals surface area (Å²) in [6.07, 6.45) is 0.280. The summed E-state index contributed by atoms with van der Waals surface area (Å²) in [5, 5.41) is 9.59. The van der Waals surface area contributed by atoms with Gasteiger partial charge >= 0.3 is 0 Å². The molecule has 3 rings (SSSR count). The smallest absolute Gasteiger partial charge is 0.254 e. The van der Waals surface area contributed by atoms with Crippen LogP contribution in [0.1, 0.15) is 16.8 Å². The molecule has 0 aromatic heterocycles. The molecule has 3 heteroatoms. The van der Waals surface area contributed by atoms with Gasteiger partial charge in [-0.05, 0) is 23.6 Å². The fourth-order valence-electron chi connectivity index (χ4n) is 2.64. The Hall–Kier alpha value is -2.13. The van der Waals surface area contributed by atoms with Gasteiger partial charge in [0.1, 0.15) is 0 Å². The van der Waals surface area contributed by atoms with Gasteiger partial charge in [0, 0.05) is 18.7 Å². The molecule has 1 aliphatic rings. The SMILES string of the molecule is O=C(c1ccccc1-c1ccccc1)N1CC[C@@H](O)C1. The van der Waals surface area contributed by atoms with Crippen LogP contribution in [-0.2, 0) is 0 Å². The molecular formula is C17H17NO2. The maximum atomic E-state index is 12.6. The Bertz CT molecular complexity index is 609. The van der Waals surface area contributed by atoms with Gasteiger partial charge in [0.2, 0.25) is 0 Å².